The number of hydrogen-bond acceptors (Lipinski definition) is 8. The number of esters is 2. The first-order valence-corrected chi connectivity index (χ1v) is 21.1. The van der Waals surface area contributed by atoms with Gasteiger partial charge in [0.25, 0.3) is 20.2 Å². The van der Waals surface area contributed by atoms with E-state index in [-0.39, 0.29) is 50.7 Å². The zero-order chi connectivity index (χ0) is 34.8. The summed E-state index contributed by atoms with van der Waals surface area (Å²) < 4.78 is 78.2. The van der Waals surface area contributed by atoms with Crippen LogP contribution in [0.2, 0.25) is 0 Å². The van der Waals surface area contributed by atoms with Gasteiger partial charge < -0.3 is 9.47 Å². The first kappa shape index (κ1) is 44.8. The topological polar surface area (TPSA) is 161 Å². The molecule has 0 rings (SSSR count). The predicted molar refractivity (Wildman–Crippen MR) is 184 cm³/mol. The normalized spacial score (nSPS) is 14.8. The van der Waals surface area contributed by atoms with E-state index < -0.39 is 42.7 Å². The van der Waals surface area contributed by atoms with Crippen LogP contribution in [0.25, 0.3) is 0 Å². The third-order valence-corrected chi connectivity index (χ3v) is 11.0. The van der Waals surface area contributed by atoms with Gasteiger partial charge in [-0.05, 0) is 50.4 Å². The molecule has 0 saturated carbocycles. The molecule has 0 bridgehead atoms. The van der Waals surface area contributed by atoms with E-state index in [0.717, 1.165) is 103 Å². The standard InChI is InChI=1S/C34H66O10S2/c1-5-9-13-17-23-29(21-11-7-3)27-43-33(35)31(45(37,38)39)25-19-15-16-20-26-32(46(40,41)42)34(36)44-28-30(22-12-8-4)24-18-14-10-6-2/h29-32H,5-28H2,1-4H3,(H,37,38,39)(H,40,41,42). The third kappa shape index (κ3) is 22.4. The lowest BCUT2D eigenvalue weighted by molar-refractivity contribution is -0.146. The second kappa shape index (κ2) is 26.7. The van der Waals surface area contributed by atoms with Crippen LogP contribution < -0.4 is 0 Å². The van der Waals surface area contributed by atoms with Crippen LogP contribution in [0.15, 0.2) is 0 Å². The van der Waals surface area contributed by atoms with E-state index in [4.69, 9.17) is 9.47 Å². The zero-order valence-electron chi connectivity index (χ0n) is 29.3. The van der Waals surface area contributed by atoms with Gasteiger partial charge in [0.05, 0.1) is 13.2 Å². The summed E-state index contributed by atoms with van der Waals surface area (Å²) in [6.45, 7) is 8.71. The molecule has 0 spiro atoms. The number of ether oxygens (including phenoxy) is 2. The van der Waals surface area contributed by atoms with Gasteiger partial charge in [-0.2, -0.15) is 16.8 Å². The predicted octanol–water partition coefficient (Wildman–Crippen LogP) is 8.48. The number of carbonyl (C=O) groups is 2. The minimum atomic E-state index is -4.67. The van der Waals surface area contributed by atoms with Crippen LogP contribution >= 0.6 is 0 Å². The summed E-state index contributed by atoms with van der Waals surface area (Å²) in [5, 5.41) is -3.36. The fourth-order valence-electron chi connectivity index (χ4n) is 5.70. The Morgan fingerprint density at radius 2 is 0.739 bits per heavy atom. The summed E-state index contributed by atoms with van der Waals surface area (Å²) in [5.74, 6) is -1.60. The second-order valence-corrected chi connectivity index (χ2v) is 16.2. The molecule has 0 saturated heterocycles. The van der Waals surface area contributed by atoms with E-state index in [1.807, 2.05) is 0 Å². The van der Waals surface area contributed by atoms with Gasteiger partial charge in [0.15, 0.2) is 10.5 Å². The SMILES string of the molecule is CCCCCCC(CCCC)COC(=O)C(CCCCCCC(C(=O)OCC(CCCC)CCCCCC)S(=O)(=O)O)S(=O)(=O)O. The highest BCUT2D eigenvalue weighted by atomic mass is 32.2. The molecule has 0 aliphatic rings. The van der Waals surface area contributed by atoms with Crippen molar-refractivity contribution in [3.63, 3.8) is 0 Å². The van der Waals surface area contributed by atoms with Gasteiger partial charge >= 0.3 is 11.9 Å². The van der Waals surface area contributed by atoms with Crippen molar-refractivity contribution in [1.82, 2.24) is 0 Å². The molecule has 0 aromatic heterocycles. The summed E-state index contributed by atoms with van der Waals surface area (Å²) in [6, 6.07) is 0. The van der Waals surface area contributed by atoms with E-state index in [9.17, 15) is 35.5 Å². The molecular formula is C34H66O10S2. The maximum absolute atomic E-state index is 12.7. The summed E-state index contributed by atoms with van der Waals surface area (Å²) in [6.07, 6.45) is 17.5. The third-order valence-electron chi connectivity index (χ3n) is 8.71. The van der Waals surface area contributed by atoms with Crippen LogP contribution in [0, 0.1) is 11.8 Å². The number of rotatable bonds is 31. The van der Waals surface area contributed by atoms with Crippen LogP contribution in [0.3, 0.4) is 0 Å². The van der Waals surface area contributed by atoms with Gasteiger partial charge in [-0.1, -0.05) is 130 Å². The lowest BCUT2D eigenvalue weighted by Gasteiger charge is -2.19. The Balaban J connectivity index is 4.87. The van der Waals surface area contributed by atoms with E-state index in [2.05, 4.69) is 27.7 Å². The average molecular weight is 699 g/mol. The Morgan fingerprint density at radius 1 is 0.457 bits per heavy atom. The highest BCUT2D eigenvalue weighted by molar-refractivity contribution is 7.87. The minimum Gasteiger partial charge on any atom is -0.464 e. The van der Waals surface area contributed by atoms with Crippen LogP contribution in [-0.4, -0.2) is 61.6 Å². The lowest BCUT2D eigenvalue weighted by Crippen LogP contribution is -2.33. The lowest BCUT2D eigenvalue weighted by atomic mass is 9.96. The Labute approximate surface area is 281 Å². The van der Waals surface area contributed by atoms with Crippen LogP contribution in [0.1, 0.15) is 169 Å². The van der Waals surface area contributed by atoms with Gasteiger partial charge in [-0.15, -0.1) is 0 Å². The molecule has 0 fully saturated rings. The van der Waals surface area contributed by atoms with E-state index in [0.29, 0.717) is 12.8 Å². The van der Waals surface area contributed by atoms with Crippen molar-refractivity contribution in [3.05, 3.63) is 0 Å². The Morgan fingerprint density at radius 3 is 1.04 bits per heavy atom. The summed E-state index contributed by atoms with van der Waals surface area (Å²) in [7, 11) is -9.33. The molecule has 0 aliphatic heterocycles. The van der Waals surface area contributed by atoms with E-state index >= 15 is 0 Å². The Hall–Kier alpha value is -1.24. The first-order valence-electron chi connectivity index (χ1n) is 18.1. The molecule has 0 aromatic rings. The second-order valence-electron chi connectivity index (χ2n) is 13.0. The maximum Gasteiger partial charge on any atom is 0.326 e. The van der Waals surface area contributed by atoms with Crippen molar-refractivity contribution in [1.29, 1.82) is 0 Å². The van der Waals surface area contributed by atoms with Crippen molar-refractivity contribution < 1.29 is 45.0 Å². The highest BCUT2D eigenvalue weighted by Crippen LogP contribution is 2.22. The summed E-state index contributed by atoms with van der Waals surface area (Å²) in [4.78, 5) is 25.4. The van der Waals surface area contributed by atoms with Crippen LogP contribution in [-0.2, 0) is 39.3 Å². The van der Waals surface area contributed by atoms with Crippen molar-refractivity contribution >= 4 is 32.2 Å². The molecule has 2 N–H and O–H groups in total. The molecule has 4 unspecified atom stereocenters. The highest BCUT2D eigenvalue weighted by Gasteiger charge is 2.34. The van der Waals surface area contributed by atoms with E-state index in [1.165, 1.54) is 0 Å². The van der Waals surface area contributed by atoms with Gasteiger partial charge in [0.1, 0.15) is 0 Å². The van der Waals surface area contributed by atoms with Crippen molar-refractivity contribution in [2.24, 2.45) is 11.8 Å². The minimum absolute atomic E-state index is 0.127. The molecule has 274 valence electrons. The molecule has 0 aliphatic carbocycles. The van der Waals surface area contributed by atoms with Gasteiger partial charge in [0, 0.05) is 0 Å². The molecule has 10 nitrogen and oxygen atoms in total. The first-order chi connectivity index (χ1) is 21.8. The van der Waals surface area contributed by atoms with E-state index in [1.54, 1.807) is 0 Å². The molecule has 0 aromatic carbocycles. The van der Waals surface area contributed by atoms with Gasteiger partial charge in [-0.25, -0.2) is 0 Å². The fraction of sp³-hybridized carbons (Fsp3) is 0.941. The number of unbranched alkanes of at least 4 members (excludes halogenated alkanes) is 11. The maximum atomic E-state index is 12.7. The summed E-state index contributed by atoms with van der Waals surface area (Å²) in [5.41, 5.74) is 0. The smallest absolute Gasteiger partial charge is 0.326 e. The van der Waals surface area contributed by atoms with Gasteiger partial charge in [-0.3, -0.25) is 18.7 Å². The van der Waals surface area contributed by atoms with Crippen LogP contribution in [0.4, 0.5) is 0 Å². The number of carbonyl (C=O) groups excluding carboxylic acids is 2. The fourth-order valence-corrected chi connectivity index (χ4v) is 7.25. The van der Waals surface area contributed by atoms with Crippen molar-refractivity contribution in [3.8, 4) is 0 Å². The zero-order valence-corrected chi connectivity index (χ0v) is 30.9. The average Bonchev–Trinajstić information content (AvgIpc) is 2.99. The molecule has 0 heterocycles. The number of hydrogen-bond donors (Lipinski definition) is 2. The molecule has 0 amide bonds. The quantitative estimate of drug-likeness (QED) is 0.0408. The van der Waals surface area contributed by atoms with Gasteiger partial charge in [0.2, 0.25) is 0 Å². The molecule has 0 radical (unpaired) electrons. The monoisotopic (exact) mass is 698 g/mol. The molecule has 12 heteroatoms. The Kier molecular flexibility index (Phi) is 26.0. The summed E-state index contributed by atoms with van der Waals surface area (Å²) >= 11 is 0. The van der Waals surface area contributed by atoms with Crippen molar-refractivity contribution in [2.45, 2.75) is 179 Å². The van der Waals surface area contributed by atoms with Crippen molar-refractivity contribution in [2.75, 3.05) is 13.2 Å². The Bertz CT molecular complexity index is 917. The largest absolute Gasteiger partial charge is 0.464 e. The molecular weight excluding hydrogens is 632 g/mol. The van der Waals surface area contributed by atoms with Crippen LogP contribution in [0.5, 0.6) is 0 Å². The molecule has 4 atom stereocenters. The molecule has 46 heavy (non-hydrogen) atoms.